The summed E-state index contributed by atoms with van der Waals surface area (Å²) in [6.07, 6.45) is 5.89. The Morgan fingerprint density at radius 2 is 1.50 bits per heavy atom. The molecule has 1 aromatic heterocycles. The molecule has 0 radical (unpaired) electrons. The third-order valence-electron chi connectivity index (χ3n) is 8.61. The summed E-state index contributed by atoms with van der Waals surface area (Å²) in [6, 6.07) is 27.6. The van der Waals surface area contributed by atoms with E-state index in [1.54, 1.807) is 17.2 Å². The molecule has 2 fully saturated rings. The van der Waals surface area contributed by atoms with Crippen LogP contribution >= 0.6 is 0 Å². The van der Waals surface area contributed by atoms with Gasteiger partial charge in [-0.1, -0.05) is 60.7 Å². The molecule has 4 aromatic rings. The first-order valence-corrected chi connectivity index (χ1v) is 14.7. The van der Waals surface area contributed by atoms with Gasteiger partial charge in [0.2, 0.25) is 5.88 Å². The summed E-state index contributed by atoms with van der Waals surface area (Å²) < 4.78 is 5.98. The van der Waals surface area contributed by atoms with Crippen molar-refractivity contribution in [2.45, 2.75) is 44.1 Å². The summed E-state index contributed by atoms with van der Waals surface area (Å²) in [5, 5.41) is 11.5. The molecule has 0 N–H and O–H groups in total. The van der Waals surface area contributed by atoms with Gasteiger partial charge in [0, 0.05) is 60.3 Å². The Balaban J connectivity index is 1.29. The summed E-state index contributed by atoms with van der Waals surface area (Å²) in [7, 11) is 0. The van der Waals surface area contributed by atoms with E-state index in [9.17, 15) is 14.9 Å². The van der Waals surface area contributed by atoms with Gasteiger partial charge in [-0.05, 0) is 55.4 Å². The van der Waals surface area contributed by atoms with Gasteiger partial charge in [-0.2, -0.15) is 5.26 Å². The van der Waals surface area contributed by atoms with Crippen molar-refractivity contribution in [3.05, 3.63) is 107 Å². The van der Waals surface area contributed by atoms with Crippen LogP contribution in [0, 0.1) is 11.3 Å². The number of likely N-dealkylation sites (tertiary alicyclic amines) is 2. The number of rotatable bonds is 6. The van der Waals surface area contributed by atoms with Crippen LogP contribution in [-0.2, 0) is 12.0 Å². The molecular weight excluding hydrogens is 524 g/mol. The van der Waals surface area contributed by atoms with Gasteiger partial charge in [-0.25, -0.2) is 4.98 Å². The van der Waals surface area contributed by atoms with Gasteiger partial charge in [0.05, 0.1) is 11.5 Å². The van der Waals surface area contributed by atoms with Crippen LogP contribution < -0.4 is 4.74 Å². The number of carbonyl (C=O) groups is 2. The number of amides is 2. The second-order valence-corrected chi connectivity index (χ2v) is 11.2. The first-order chi connectivity index (χ1) is 20.6. The molecule has 2 amide bonds. The van der Waals surface area contributed by atoms with E-state index in [0.29, 0.717) is 62.6 Å². The first kappa shape index (κ1) is 27.5. The number of carbonyl (C=O) groups excluding carboxylic acids is 2. The molecule has 0 saturated carbocycles. The maximum Gasteiger partial charge on any atom is 0.254 e. The summed E-state index contributed by atoms with van der Waals surface area (Å²) in [5.41, 5.74) is 2.39. The average Bonchev–Trinajstić information content (AvgIpc) is 3.07. The van der Waals surface area contributed by atoms with Gasteiger partial charge in [0.1, 0.15) is 6.61 Å². The van der Waals surface area contributed by atoms with Crippen LogP contribution in [0.4, 0.5) is 0 Å². The predicted octanol–water partition coefficient (Wildman–Crippen LogP) is 6.14. The van der Waals surface area contributed by atoms with E-state index in [1.807, 2.05) is 77.7 Å². The number of piperidine rings is 2. The number of pyridine rings is 1. The van der Waals surface area contributed by atoms with E-state index in [-0.39, 0.29) is 11.8 Å². The second kappa shape index (κ2) is 12.0. The molecule has 3 aromatic carbocycles. The maximum atomic E-state index is 13.8. The molecule has 42 heavy (non-hydrogen) atoms. The van der Waals surface area contributed by atoms with Gasteiger partial charge >= 0.3 is 0 Å². The fourth-order valence-electron chi connectivity index (χ4n) is 6.11. The van der Waals surface area contributed by atoms with Crippen LogP contribution in [0.25, 0.3) is 10.8 Å². The van der Waals surface area contributed by atoms with Gasteiger partial charge in [0.25, 0.3) is 11.8 Å². The highest BCUT2D eigenvalue weighted by Gasteiger charge is 2.38. The van der Waals surface area contributed by atoms with Crippen LogP contribution in [-0.4, -0.2) is 52.8 Å². The summed E-state index contributed by atoms with van der Waals surface area (Å²) in [4.78, 5) is 35.9. The minimum Gasteiger partial charge on any atom is -0.473 e. The number of aromatic nitrogens is 1. The van der Waals surface area contributed by atoms with Crippen LogP contribution in [0.5, 0.6) is 5.88 Å². The Labute approximate surface area is 246 Å². The van der Waals surface area contributed by atoms with Crippen molar-refractivity contribution < 1.29 is 14.3 Å². The molecular formula is C35H34N4O3. The van der Waals surface area contributed by atoms with Crippen molar-refractivity contribution in [1.29, 1.82) is 5.26 Å². The molecule has 3 heterocycles. The molecule has 212 valence electrons. The van der Waals surface area contributed by atoms with E-state index in [1.165, 1.54) is 0 Å². The molecule has 2 aliphatic rings. The Kier molecular flexibility index (Phi) is 7.87. The standard InChI is InChI=1S/C35H34N4O3/c36-25-35(29-12-6-2-7-13-29)14-18-39(19-15-35)33(40)27-20-28-23-37-32(42-24-26-10-4-1-5-11-26)22-30(28)31(21-27)34(41)38-16-8-3-9-17-38/h1-2,4-7,10-13,20-23H,3,8-9,14-19,24H2. The third kappa shape index (κ3) is 5.58. The average molecular weight is 559 g/mol. The number of nitrogens with zero attached hydrogens (tertiary/aromatic N) is 4. The lowest BCUT2D eigenvalue weighted by atomic mass is 9.74. The summed E-state index contributed by atoms with van der Waals surface area (Å²) in [5.74, 6) is 0.234. The zero-order valence-corrected chi connectivity index (χ0v) is 23.7. The zero-order chi connectivity index (χ0) is 28.9. The number of hydrogen-bond donors (Lipinski definition) is 0. The minimum atomic E-state index is -0.600. The van der Waals surface area contributed by atoms with Gasteiger partial charge < -0.3 is 14.5 Å². The Hall–Kier alpha value is -4.70. The van der Waals surface area contributed by atoms with Crippen LogP contribution in [0.2, 0.25) is 0 Å². The van der Waals surface area contributed by atoms with Crippen molar-refractivity contribution in [3.63, 3.8) is 0 Å². The highest BCUT2D eigenvalue weighted by molar-refractivity contribution is 6.10. The zero-order valence-electron chi connectivity index (χ0n) is 23.7. The first-order valence-electron chi connectivity index (χ1n) is 14.7. The molecule has 2 aliphatic heterocycles. The fraction of sp³-hybridized carbons (Fsp3) is 0.314. The van der Waals surface area contributed by atoms with E-state index < -0.39 is 5.41 Å². The van der Waals surface area contributed by atoms with Crippen molar-refractivity contribution in [3.8, 4) is 11.9 Å². The highest BCUT2D eigenvalue weighted by atomic mass is 16.5. The Bertz CT molecular complexity index is 1620. The maximum absolute atomic E-state index is 13.8. The summed E-state index contributed by atoms with van der Waals surface area (Å²) in [6.45, 7) is 2.73. The molecule has 2 saturated heterocycles. The number of nitriles is 1. The van der Waals surface area contributed by atoms with E-state index in [2.05, 4.69) is 11.1 Å². The predicted molar refractivity (Wildman–Crippen MR) is 161 cm³/mol. The van der Waals surface area contributed by atoms with Gasteiger partial charge in [-0.15, -0.1) is 0 Å². The van der Waals surface area contributed by atoms with E-state index >= 15 is 0 Å². The van der Waals surface area contributed by atoms with Crippen LogP contribution in [0.15, 0.2) is 85.1 Å². The molecule has 0 unspecified atom stereocenters. The lowest BCUT2D eigenvalue weighted by Crippen LogP contribution is -2.44. The monoisotopic (exact) mass is 558 g/mol. The van der Waals surface area contributed by atoms with Crippen LogP contribution in [0.1, 0.15) is 63.9 Å². The smallest absolute Gasteiger partial charge is 0.254 e. The molecule has 6 rings (SSSR count). The lowest BCUT2D eigenvalue weighted by molar-refractivity contribution is 0.0692. The topological polar surface area (TPSA) is 86.5 Å². The van der Waals surface area contributed by atoms with Crippen molar-refractivity contribution >= 4 is 22.6 Å². The minimum absolute atomic E-state index is 0.0687. The quantitative estimate of drug-likeness (QED) is 0.284. The highest BCUT2D eigenvalue weighted by Crippen LogP contribution is 2.36. The van der Waals surface area contributed by atoms with Crippen molar-refractivity contribution in [2.24, 2.45) is 0 Å². The number of ether oxygens (including phenoxy) is 1. The molecule has 0 spiro atoms. The Morgan fingerprint density at radius 3 is 2.19 bits per heavy atom. The van der Waals surface area contributed by atoms with Crippen LogP contribution in [0.3, 0.4) is 0 Å². The second-order valence-electron chi connectivity index (χ2n) is 11.2. The molecule has 0 aliphatic carbocycles. The molecule has 0 bridgehead atoms. The van der Waals surface area contributed by atoms with Crippen molar-refractivity contribution in [1.82, 2.24) is 14.8 Å². The molecule has 0 atom stereocenters. The molecule has 7 heteroatoms. The number of hydrogen-bond acceptors (Lipinski definition) is 5. The molecule has 7 nitrogen and oxygen atoms in total. The largest absolute Gasteiger partial charge is 0.473 e. The lowest BCUT2D eigenvalue weighted by Gasteiger charge is -2.37. The van der Waals surface area contributed by atoms with Gasteiger partial charge in [-0.3, -0.25) is 9.59 Å². The van der Waals surface area contributed by atoms with E-state index in [0.717, 1.165) is 41.2 Å². The third-order valence-corrected chi connectivity index (χ3v) is 8.61. The van der Waals surface area contributed by atoms with E-state index in [4.69, 9.17) is 4.74 Å². The number of benzene rings is 3. The van der Waals surface area contributed by atoms with Gasteiger partial charge in [0.15, 0.2) is 0 Å². The number of fused-ring (bicyclic) bond motifs is 1. The Morgan fingerprint density at radius 1 is 0.833 bits per heavy atom. The summed E-state index contributed by atoms with van der Waals surface area (Å²) >= 11 is 0. The van der Waals surface area contributed by atoms with Crippen molar-refractivity contribution in [2.75, 3.05) is 26.2 Å². The SMILES string of the molecule is N#CC1(c2ccccc2)CCN(C(=O)c2cc(C(=O)N3CCCCC3)c3cc(OCc4ccccc4)ncc3c2)CC1. The fourth-order valence-corrected chi connectivity index (χ4v) is 6.11. The normalized spacial score (nSPS) is 16.5.